The van der Waals surface area contributed by atoms with Crippen molar-refractivity contribution in [2.45, 2.75) is 32.2 Å². The number of nitrogens with one attached hydrogen (secondary N) is 2. The van der Waals surface area contributed by atoms with Gasteiger partial charge in [0.2, 0.25) is 5.95 Å². The summed E-state index contributed by atoms with van der Waals surface area (Å²) < 4.78 is 40.0. The molecule has 3 amide bonds. The number of hydrogen-bond acceptors (Lipinski definition) is 9. The molecular weight excluding hydrogens is 624 g/mol. The summed E-state index contributed by atoms with van der Waals surface area (Å²) in [7, 11) is 0. The molecule has 6 rings (SSSR count). The van der Waals surface area contributed by atoms with E-state index in [1.807, 2.05) is 6.20 Å². The Morgan fingerprint density at radius 1 is 0.867 bits per heavy atom. The molecule has 1 aliphatic heterocycles. The molecule has 0 unspecified atom stereocenters. The Bertz CT molecular complexity index is 1760. The van der Waals surface area contributed by atoms with Crippen molar-refractivity contribution in [2.24, 2.45) is 0 Å². The van der Waals surface area contributed by atoms with E-state index in [0.29, 0.717) is 11.4 Å². The fraction of sp³-hybridized carbons (Fsp3) is 0.226. The highest BCUT2D eigenvalue weighted by Gasteiger charge is 2.45. The second-order valence-electron chi connectivity index (χ2n) is 10.5. The van der Waals surface area contributed by atoms with Crippen LogP contribution in [0.3, 0.4) is 0 Å². The van der Waals surface area contributed by atoms with Gasteiger partial charge >= 0.3 is 6.03 Å². The van der Waals surface area contributed by atoms with Gasteiger partial charge in [-0.2, -0.15) is 0 Å². The van der Waals surface area contributed by atoms with Crippen molar-refractivity contribution in [3.63, 3.8) is 0 Å². The van der Waals surface area contributed by atoms with Crippen LogP contribution >= 0.6 is 22.7 Å². The van der Waals surface area contributed by atoms with E-state index >= 15 is 0 Å². The van der Waals surface area contributed by atoms with Gasteiger partial charge in [-0.05, 0) is 49.2 Å². The average molecular weight is 652 g/mol. The van der Waals surface area contributed by atoms with Crippen LogP contribution in [0.2, 0.25) is 0 Å². The number of thiazole rings is 2. The molecule has 5 aromatic rings. The second-order valence-corrected chi connectivity index (χ2v) is 12.6. The fourth-order valence-corrected chi connectivity index (χ4v) is 5.96. The van der Waals surface area contributed by atoms with E-state index in [9.17, 15) is 22.8 Å². The first-order chi connectivity index (χ1) is 21.6. The summed E-state index contributed by atoms with van der Waals surface area (Å²) >= 11 is 2.91. The molecule has 232 valence electrons. The quantitative estimate of drug-likeness (QED) is 0.186. The van der Waals surface area contributed by atoms with Crippen molar-refractivity contribution < 1.29 is 22.8 Å². The van der Waals surface area contributed by atoms with Crippen LogP contribution in [0.4, 0.5) is 23.9 Å². The molecule has 1 fully saturated rings. The number of hydrogen-bond donors (Lipinski definition) is 2. The molecule has 0 atom stereocenters. The first-order valence-electron chi connectivity index (χ1n) is 13.8. The zero-order chi connectivity index (χ0) is 32.0. The number of halogens is 3. The summed E-state index contributed by atoms with van der Waals surface area (Å²) in [5.41, 5.74) is 2.95. The van der Waals surface area contributed by atoms with Crippen LogP contribution in [-0.2, 0) is 17.6 Å². The Morgan fingerprint density at radius 2 is 1.51 bits per heavy atom. The third-order valence-corrected chi connectivity index (χ3v) is 8.67. The van der Waals surface area contributed by atoms with Gasteiger partial charge < -0.3 is 10.2 Å². The molecule has 1 aliphatic rings. The number of amides is 3. The Hall–Kier alpha value is -4.69. The summed E-state index contributed by atoms with van der Waals surface area (Å²) in [4.78, 5) is 43.7. The number of aromatic nitrogens is 4. The molecule has 0 bridgehead atoms. The van der Waals surface area contributed by atoms with Crippen molar-refractivity contribution in [2.75, 3.05) is 18.4 Å². The first-order valence-corrected chi connectivity index (χ1v) is 15.5. The molecule has 0 spiro atoms. The predicted octanol–water partition coefficient (Wildman–Crippen LogP) is 6.08. The average Bonchev–Trinajstić information content (AvgIpc) is 3.74. The number of urea groups is 1. The van der Waals surface area contributed by atoms with Gasteiger partial charge in [0.15, 0.2) is 5.82 Å². The summed E-state index contributed by atoms with van der Waals surface area (Å²) in [6.45, 7) is 3.82. The lowest BCUT2D eigenvalue weighted by atomic mass is 10.0. The van der Waals surface area contributed by atoms with Crippen LogP contribution in [0, 0.1) is 17.5 Å². The smallest absolute Gasteiger partial charge is 0.325 e. The van der Waals surface area contributed by atoms with E-state index in [2.05, 4.69) is 30.6 Å². The minimum Gasteiger partial charge on any atom is -0.352 e. The number of nitrogens with zero attached hydrogens (tertiary/aromatic N) is 5. The van der Waals surface area contributed by atoms with Gasteiger partial charge in [-0.25, -0.2) is 32.9 Å². The van der Waals surface area contributed by atoms with Gasteiger partial charge in [0.25, 0.3) is 5.91 Å². The molecule has 0 saturated carbocycles. The number of carbonyl (C=O) groups is 2. The fourth-order valence-electron chi connectivity index (χ4n) is 4.39. The Kier molecular flexibility index (Phi) is 9.83. The minimum absolute atomic E-state index is 0.0623. The van der Waals surface area contributed by atoms with Crippen molar-refractivity contribution in [1.29, 1.82) is 0 Å². The summed E-state index contributed by atoms with van der Waals surface area (Å²) in [6.07, 6.45) is 5.92. The van der Waals surface area contributed by atoms with E-state index in [4.69, 9.17) is 0 Å². The van der Waals surface area contributed by atoms with Crippen LogP contribution < -0.4 is 10.6 Å². The van der Waals surface area contributed by atoms with Gasteiger partial charge in [-0.3, -0.25) is 15.1 Å². The number of carbonyl (C=O) groups excluding carboxylic acids is 2. The third-order valence-electron chi connectivity index (χ3n) is 6.88. The molecule has 4 heterocycles. The second kappa shape index (κ2) is 13.9. The number of benzene rings is 2. The molecule has 14 heteroatoms. The predicted molar refractivity (Wildman–Crippen MR) is 166 cm³/mol. The summed E-state index contributed by atoms with van der Waals surface area (Å²) in [6, 6.07) is 12.3. The van der Waals surface area contributed by atoms with E-state index in [1.54, 1.807) is 61.2 Å². The van der Waals surface area contributed by atoms with E-state index in [-0.39, 0.29) is 42.3 Å². The van der Waals surface area contributed by atoms with Crippen LogP contribution in [0.15, 0.2) is 72.6 Å². The first kappa shape index (κ1) is 31.7. The van der Waals surface area contributed by atoms with Crippen LogP contribution in [-0.4, -0.2) is 55.4 Å². The summed E-state index contributed by atoms with van der Waals surface area (Å²) in [5, 5.41) is 5.63. The summed E-state index contributed by atoms with van der Waals surface area (Å²) in [5.74, 6) is -1.28. The lowest BCUT2D eigenvalue weighted by molar-refractivity contribution is -0.125. The van der Waals surface area contributed by atoms with Gasteiger partial charge in [-0.1, -0.05) is 24.3 Å². The van der Waals surface area contributed by atoms with Gasteiger partial charge in [0.05, 0.1) is 11.7 Å². The number of rotatable bonds is 9. The normalized spacial score (nSPS) is 13.8. The molecule has 0 radical (unpaired) electrons. The molecule has 2 aromatic carbocycles. The van der Waals surface area contributed by atoms with Crippen LogP contribution in [0.25, 0.3) is 10.7 Å². The van der Waals surface area contributed by atoms with Crippen LogP contribution in [0.1, 0.15) is 34.7 Å². The molecule has 9 nitrogen and oxygen atoms in total. The van der Waals surface area contributed by atoms with E-state index in [1.165, 1.54) is 45.4 Å². The highest BCUT2D eigenvalue weighted by atomic mass is 32.1. The van der Waals surface area contributed by atoms with Gasteiger partial charge in [0.1, 0.15) is 27.9 Å². The highest BCUT2D eigenvalue weighted by Crippen LogP contribution is 2.28. The number of imide groups is 1. The zero-order valence-corrected chi connectivity index (χ0v) is 25.9. The topological polar surface area (TPSA) is 113 Å². The zero-order valence-electron chi connectivity index (χ0n) is 24.3. The van der Waals surface area contributed by atoms with Crippen molar-refractivity contribution in [3.8, 4) is 10.7 Å². The number of anilines is 1. The van der Waals surface area contributed by atoms with Crippen LogP contribution in [0.5, 0.6) is 0 Å². The SMILES string of the molecule is CC1(C)C(=O)NC(=O)N1CCNc1ncc(F)c(-c2ncc(Cc3ccc(F)cc3)s2)n1.Fc1ccc(Cc2cncs2)cc1. The molecule has 2 N–H and O–H groups in total. The lowest BCUT2D eigenvalue weighted by Crippen LogP contribution is -2.46. The highest BCUT2D eigenvalue weighted by molar-refractivity contribution is 7.15. The van der Waals surface area contributed by atoms with Gasteiger partial charge in [0, 0.05) is 48.1 Å². The lowest BCUT2D eigenvalue weighted by Gasteiger charge is -2.27. The molecule has 45 heavy (non-hydrogen) atoms. The van der Waals surface area contributed by atoms with Gasteiger partial charge in [-0.15, -0.1) is 22.7 Å². The monoisotopic (exact) mass is 651 g/mol. The maximum absolute atomic E-state index is 14.4. The maximum atomic E-state index is 14.4. The largest absolute Gasteiger partial charge is 0.352 e. The van der Waals surface area contributed by atoms with E-state index in [0.717, 1.165) is 28.6 Å². The standard InChI is InChI=1S/C21H20F2N6O2S.C10H8FNS/c1-21(2)18(30)28-20(31)29(21)8-7-24-19-26-11-15(23)16(27-19)17-25-10-14(32-17)9-12-3-5-13(22)6-4-12;11-9-3-1-8(2-4-9)5-10-6-12-7-13-10/h3-6,10-11H,7-9H2,1-2H3,(H,24,26,27)(H,28,30,31);1-4,6-7H,5H2. The maximum Gasteiger partial charge on any atom is 0.325 e. The van der Waals surface area contributed by atoms with E-state index < -0.39 is 17.4 Å². The third kappa shape index (κ3) is 8.08. The molecular formula is C31H28F3N7O2S2. The van der Waals surface area contributed by atoms with Crippen molar-refractivity contribution in [1.82, 2.24) is 30.2 Å². The molecule has 0 aliphatic carbocycles. The molecule has 1 saturated heterocycles. The van der Waals surface area contributed by atoms with Crippen molar-refractivity contribution in [3.05, 3.63) is 111 Å². The Morgan fingerprint density at radius 3 is 2.09 bits per heavy atom. The molecule has 3 aromatic heterocycles. The van der Waals surface area contributed by atoms with Crippen molar-refractivity contribution >= 4 is 40.6 Å². The Balaban J connectivity index is 0.000000256. The minimum atomic E-state index is -0.949. The Labute approximate surface area is 265 Å².